The minimum atomic E-state index is -0.154. The van der Waals surface area contributed by atoms with E-state index in [1.54, 1.807) is 10.9 Å². The predicted molar refractivity (Wildman–Crippen MR) is 252 cm³/mol. The zero-order valence-corrected chi connectivity index (χ0v) is 39.9. The van der Waals surface area contributed by atoms with E-state index < -0.39 is 0 Å². The van der Waals surface area contributed by atoms with Crippen LogP contribution in [0, 0.1) is 37.0 Å². The molecule has 0 N–H and O–H groups in total. The molecule has 1 fully saturated rings. The van der Waals surface area contributed by atoms with Crippen molar-refractivity contribution in [2.75, 3.05) is 0 Å². The van der Waals surface area contributed by atoms with Gasteiger partial charge >= 0.3 is 0 Å². The van der Waals surface area contributed by atoms with E-state index in [1.807, 2.05) is 13.8 Å². The van der Waals surface area contributed by atoms with Gasteiger partial charge in [0.05, 0.1) is 0 Å². The average molecular weight is 753 g/mol. The fourth-order valence-corrected chi connectivity index (χ4v) is 8.78. The normalized spacial score (nSPS) is 16.8. The van der Waals surface area contributed by atoms with Crippen LogP contribution in [0.25, 0.3) is 5.57 Å². The molecule has 1 saturated carbocycles. The van der Waals surface area contributed by atoms with Gasteiger partial charge in [0.15, 0.2) is 0 Å². The number of aryl methyl sites for hydroxylation is 1. The molecule has 0 spiro atoms. The molecular formula is C53H85P. The van der Waals surface area contributed by atoms with Crippen molar-refractivity contribution in [2.24, 2.45) is 16.2 Å². The van der Waals surface area contributed by atoms with Crippen LogP contribution in [0.4, 0.5) is 0 Å². The number of hydrogen-bond acceptors (Lipinski definition) is 0. The third-order valence-corrected chi connectivity index (χ3v) is 13.0. The van der Waals surface area contributed by atoms with Crippen molar-refractivity contribution < 1.29 is 0 Å². The largest absolute Gasteiger partial charge is 0.110 e. The molecule has 54 heavy (non-hydrogen) atoms. The Balaban J connectivity index is 0.00000227. The SMILES string of the molecule is CC.CCCC.C\C=C/C(=C\C(=C\C)c1cc(C(C)(C)C)ccc1CC(C)(/C=C/C)/C(Cc1ccc(C)c(C)c1C)=C(\P)C1(CC)CCCC1)C(C)(C)C. The van der Waals surface area contributed by atoms with Gasteiger partial charge in [-0.3, -0.25) is 0 Å². The van der Waals surface area contributed by atoms with Gasteiger partial charge in [-0.05, 0) is 145 Å². The summed E-state index contributed by atoms with van der Waals surface area (Å²) in [6.07, 6.45) is 25.1. The van der Waals surface area contributed by atoms with Gasteiger partial charge in [-0.1, -0.05) is 181 Å². The summed E-state index contributed by atoms with van der Waals surface area (Å²) >= 11 is 0. The first-order valence-corrected chi connectivity index (χ1v) is 22.2. The molecule has 302 valence electrons. The second-order valence-electron chi connectivity index (χ2n) is 18.0. The molecule has 1 aliphatic carbocycles. The van der Waals surface area contributed by atoms with Crippen LogP contribution in [0.5, 0.6) is 0 Å². The molecule has 0 radical (unpaired) electrons. The van der Waals surface area contributed by atoms with Gasteiger partial charge in [0.1, 0.15) is 0 Å². The average Bonchev–Trinajstić information content (AvgIpc) is 3.63. The van der Waals surface area contributed by atoms with Gasteiger partial charge < -0.3 is 0 Å². The lowest BCUT2D eigenvalue weighted by Gasteiger charge is -2.39. The predicted octanol–water partition coefficient (Wildman–Crippen LogP) is 17.2. The maximum Gasteiger partial charge on any atom is 0.0112 e. The van der Waals surface area contributed by atoms with Gasteiger partial charge in [0.25, 0.3) is 0 Å². The quantitative estimate of drug-likeness (QED) is 0.115. The Morgan fingerprint density at radius 2 is 1.35 bits per heavy atom. The van der Waals surface area contributed by atoms with E-state index in [2.05, 4.69) is 187 Å². The molecule has 3 rings (SSSR count). The summed E-state index contributed by atoms with van der Waals surface area (Å²) in [6.45, 7) is 40.7. The van der Waals surface area contributed by atoms with Crippen LogP contribution in [0.1, 0.15) is 188 Å². The van der Waals surface area contributed by atoms with Crippen LogP contribution in [0.2, 0.25) is 0 Å². The standard InChI is InChI=1S/C47H69P.C4H10.C2H6/c1-15-21-39(44(8,9)10)29-36(17-3)41-31-40(45(11,12)13)25-24-38(41)32-46(14,26-16-2)42(43(48)47(18-4)27-19-20-28-47)30-37-23-22-33(5)34(6)35(37)7;1-3-4-2;1-2/h15-17,21-26,29,31H,18-20,27-28,30,32,48H2,1-14H3;3-4H2,1-2H3;1-2H3/b21-15-,26-16+,36-17-,39-29+,43-42-;;. The lowest BCUT2D eigenvalue weighted by atomic mass is 9.68. The first-order chi connectivity index (χ1) is 25.3. The van der Waals surface area contributed by atoms with Crippen molar-refractivity contribution in [3.63, 3.8) is 0 Å². The summed E-state index contributed by atoms with van der Waals surface area (Å²) in [4.78, 5) is 0. The fourth-order valence-electron chi connectivity index (χ4n) is 7.86. The van der Waals surface area contributed by atoms with E-state index in [4.69, 9.17) is 0 Å². The Morgan fingerprint density at radius 1 is 0.778 bits per heavy atom. The van der Waals surface area contributed by atoms with Gasteiger partial charge in [-0.15, -0.1) is 9.24 Å². The van der Waals surface area contributed by atoms with Crippen LogP contribution < -0.4 is 0 Å². The molecule has 2 aromatic rings. The first-order valence-electron chi connectivity index (χ1n) is 21.6. The molecule has 2 aromatic carbocycles. The Bertz CT molecular complexity index is 1610. The molecule has 1 aliphatic rings. The van der Waals surface area contributed by atoms with Crippen molar-refractivity contribution in [3.05, 3.63) is 122 Å². The molecule has 1 heteroatoms. The Labute approximate surface area is 339 Å². The fraction of sp³-hybridized carbons (Fsp3) is 0.585. The number of benzene rings is 2. The summed E-state index contributed by atoms with van der Waals surface area (Å²) in [5, 5.41) is 1.57. The number of allylic oxidation sites excluding steroid dienone is 10. The van der Waals surface area contributed by atoms with Gasteiger partial charge in [-0.2, -0.15) is 0 Å². The highest BCUT2D eigenvalue weighted by Gasteiger charge is 2.39. The monoisotopic (exact) mass is 753 g/mol. The molecule has 0 bridgehead atoms. The highest BCUT2D eigenvalue weighted by atomic mass is 31.0. The molecule has 0 amide bonds. The molecule has 0 heterocycles. The molecule has 0 aliphatic heterocycles. The van der Waals surface area contributed by atoms with Crippen LogP contribution in [-0.4, -0.2) is 0 Å². The van der Waals surface area contributed by atoms with E-state index in [9.17, 15) is 0 Å². The Hall–Kier alpha value is -2.43. The Morgan fingerprint density at radius 3 is 1.81 bits per heavy atom. The van der Waals surface area contributed by atoms with Gasteiger partial charge in [-0.25, -0.2) is 0 Å². The molecule has 0 saturated heterocycles. The van der Waals surface area contributed by atoms with Crippen molar-refractivity contribution in [1.29, 1.82) is 0 Å². The molecule has 2 atom stereocenters. The summed E-state index contributed by atoms with van der Waals surface area (Å²) in [5.41, 5.74) is 14.4. The van der Waals surface area contributed by atoms with E-state index in [0.717, 1.165) is 12.8 Å². The Kier molecular flexibility index (Phi) is 20.5. The van der Waals surface area contributed by atoms with Crippen LogP contribution >= 0.6 is 9.24 Å². The van der Waals surface area contributed by atoms with Gasteiger partial charge in [0, 0.05) is 5.41 Å². The van der Waals surface area contributed by atoms with Crippen LogP contribution in [-0.2, 0) is 18.3 Å². The van der Waals surface area contributed by atoms with Crippen LogP contribution in [0.3, 0.4) is 0 Å². The number of rotatable bonds is 12. The first kappa shape index (κ1) is 49.6. The van der Waals surface area contributed by atoms with Crippen molar-refractivity contribution in [1.82, 2.24) is 0 Å². The van der Waals surface area contributed by atoms with Crippen LogP contribution in [0.15, 0.2) is 83.2 Å². The molecular weight excluding hydrogens is 668 g/mol. The lowest BCUT2D eigenvalue weighted by molar-refractivity contribution is 0.358. The van der Waals surface area contributed by atoms with E-state index in [-0.39, 0.29) is 21.7 Å². The van der Waals surface area contributed by atoms with Gasteiger partial charge in [0.2, 0.25) is 0 Å². The maximum atomic E-state index is 3.36. The zero-order valence-electron chi connectivity index (χ0n) is 38.8. The number of hydrogen-bond donors (Lipinski definition) is 0. The summed E-state index contributed by atoms with van der Waals surface area (Å²) < 4.78 is 0. The maximum absolute atomic E-state index is 3.36. The molecule has 0 nitrogen and oxygen atoms in total. The van der Waals surface area contributed by atoms with E-state index in [1.165, 1.54) is 95.0 Å². The van der Waals surface area contributed by atoms with E-state index >= 15 is 0 Å². The zero-order chi connectivity index (χ0) is 41.5. The minimum absolute atomic E-state index is 0.0477. The summed E-state index contributed by atoms with van der Waals surface area (Å²) in [6, 6.07) is 12.1. The topological polar surface area (TPSA) is 0 Å². The second kappa shape index (κ2) is 22.3. The minimum Gasteiger partial charge on any atom is -0.110 e. The highest BCUT2D eigenvalue weighted by molar-refractivity contribution is 7.22. The number of unbranched alkanes of at least 4 members (excludes halogenated alkanes) is 1. The van der Waals surface area contributed by atoms with Crippen molar-refractivity contribution in [3.8, 4) is 0 Å². The molecule has 2 unspecified atom stereocenters. The van der Waals surface area contributed by atoms with E-state index in [0.29, 0.717) is 0 Å². The molecule has 0 aromatic heterocycles. The third kappa shape index (κ3) is 13.1. The second-order valence-corrected chi connectivity index (χ2v) is 18.6. The van der Waals surface area contributed by atoms with Crippen molar-refractivity contribution >= 4 is 14.8 Å². The smallest absolute Gasteiger partial charge is 0.0112 e. The highest BCUT2D eigenvalue weighted by Crippen LogP contribution is 2.54. The third-order valence-electron chi connectivity index (χ3n) is 12.1. The van der Waals surface area contributed by atoms with Crippen molar-refractivity contribution in [2.45, 2.75) is 188 Å². The summed E-state index contributed by atoms with van der Waals surface area (Å²) in [7, 11) is 3.36. The summed E-state index contributed by atoms with van der Waals surface area (Å²) in [5.74, 6) is 0. The lowest BCUT2D eigenvalue weighted by Crippen LogP contribution is -2.28.